The minimum atomic E-state index is 0.303. The molecule has 2 rings (SSSR count). The summed E-state index contributed by atoms with van der Waals surface area (Å²) in [4.78, 5) is 11.0. The highest BCUT2D eigenvalue weighted by atomic mass is 16.2. The summed E-state index contributed by atoms with van der Waals surface area (Å²) in [5, 5.41) is 2.97. The minimum absolute atomic E-state index is 0.303. The molecule has 11 heavy (non-hydrogen) atoms. The zero-order chi connectivity index (χ0) is 7.68. The van der Waals surface area contributed by atoms with Crippen LogP contribution in [-0.2, 0) is 4.79 Å². The Morgan fingerprint density at radius 2 is 1.82 bits per heavy atom. The van der Waals surface area contributed by atoms with E-state index in [2.05, 4.69) is 5.32 Å². The van der Waals surface area contributed by atoms with Crippen LogP contribution in [0.15, 0.2) is 0 Å². The number of carbonyl (C=O) groups excluding carboxylic acids is 1. The highest BCUT2D eigenvalue weighted by molar-refractivity contribution is 5.85. The second-order valence-corrected chi connectivity index (χ2v) is 3.71. The Bertz CT molecular complexity index is 167. The lowest BCUT2D eigenvalue weighted by atomic mass is 9.81. The van der Waals surface area contributed by atoms with Crippen LogP contribution < -0.4 is 5.32 Å². The third-order valence-electron chi connectivity index (χ3n) is 2.93. The normalized spacial score (nSPS) is 37.6. The lowest BCUT2D eigenvalue weighted by Gasteiger charge is -2.38. The van der Waals surface area contributed by atoms with E-state index in [0.29, 0.717) is 17.9 Å². The van der Waals surface area contributed by atoms with Gasteiger partial charge in [-0.25, -0.2) is 0 Å². The van der Waals surface area contributed by atoms with Gasteiger partial charge in [0, 0.05) is 6.04 Å². The van der Waals surface area contributed by atoms with Crippen molar-refractivity contribution in [3.05, 3.63) is 0 Å². The molecular weight excluding hydrogens is 138 g/mol. The molecule has 1 amide bonds. The van der Waals surface area contributed by atoms with Gasteiger partial charge in [-0.05, 0) is 12.8 Å². The summed E-state index contributed by atoms with van der Waals surface area (Å²) in [6, 6.07) is 0.544. The van der Waals surface area contributed by atoms with E-state index in [1.165, 1.54) is 32.1 Å². The van der Waals surface area contributed by atoms with E-state index in [0.717, 1.165) is 6.42 Å². The van der Waals surface area contributed by atoms with Gasteiger partial charge < -0.3 is 5.32 Å². The monoisotopic (exact) mass is 153 g/mol. The summed E-state index contributed by atoms with van der Waals surface area (Å²) < 4.78 is 0. The van der Waals surface area contributed by atoms with Gasteiger partial charge in [0.05, 0.1) is 5.92 Å². The number of fused-ring (bicyclic) bond motifs is 1. The molecule has 0 radical (unpaired) electrons. The van der Waals surface area contributed by atoms with Crippen molar-refractivity contribution in [2.24, 2.45) is 5.92 Å². The van der Waals surface area contributed by atoms with Crippen molar-refractivity contribution in [1.82, 2.24) is 5.32 Å². The van der Waals surface area contributed by atoms with Gasteiger partial charge in [0.25, 0.3) is 0 Å². The Kier molecular flexibility index (Phi) is 1.84. The molecule has 0 aromatic rings. The van der Waals surface area contributed by atoms with Crippen LogP contribution in [0.2, 0.25) is 0 Å². The Labute approximate surface area is 67.4 Å². The lowest BCUT2D eigenvalue weighted by molar-refractivity contribution is -0.135. The van der Waals surface area contributed by atoms with Gasteiger partial charge in [-0.3, -0.25) is 4.79 Å². The maximum absolute atomic E-state index is 11.0. The predicted molar refractivity (Wildman–Crippen MR) is 43.1 cm³/mol. The molecule has 1 saturated heterocycles. The van der Waals surface area contributed by atoms with Gasteiger partial charge in [0.2, 0.25) is 5.91 Å². The Morgan fingerprint density at radius 3 is 2.55 bits per heavy atom. The van der Waals surface area contributed by atoms with Gasteiger partial charge in [0.15, 0.2) is 0 Å². The van der Waals surface area contributed by atoms with E-state index in [1.54, 1.807) is 0 Å². The molecule has 2 atom stereocenters. The number of carbonyl (C=O) groups is 1. The van der Waals surface area contributed by atoms with E-state index in [4.69, 9.17) is 0 Å². The molecule has 0 aromatic carbocycles. The largest absolute Gasteiger partial charge is 0.352 e. The fourth-order valence-corrected chi connectivity index (χ4v) is 2.16. The van der Waals surface area contributed by atoms with E-state index < -0.39 is 0 Å². The third kappa shape index (κ3) is 1.26. The van der Waals surface area contributed by atoms with Gasteiger partial charge in [-0.1, -0.05) is 25.7 Å². The standard InChI is InChI=1S/C9H15NO/c11-9-7-5-3-1-2-4-6-8(7)10-9/h7-8H,1-6H2,(H,10,11)/t7-,8?/m0/s1. The number of hydrogen-bond acceptors (Lipinski definition) is 1. The van der Waals surface area contributed by atoms with Crippen molar-refractivity contribution in [2.75, 3.05) is 0 Å². The Morgan fingerprint density at radius 1 is 1.09 bits per heavy atom. The zero-order valence-electron chi connectivity index (χ0n) is 6.81. The molecular formula is C9H15NO. The Hall–Kier alpha value is -0.530. The first-order chi connectivity index (χ1) is 5.38. The molecule has 1 aliphatic carbocycles. The van der Waals surface area contributed by atoms with Crippen LogP contribution in [0.5, 0.6) is 0 Å². The smallest absolute Gasteiger partial charge is 0.225 e. The van der Waals surface area contributed by atoms with Crippen LogP contribution >= 0.6 is 0 Å². The highest BCUT2D eigenvalue weighted by Crippen LogP contribution is 2.28. The van der Waals surface area contributed by atoms with E-state index in [9.17, 15) is 4.79 Å². The van der Waals surface area contributed by atoms with E-state index in [-0.39, 0.29) is 0 Å². The summed E-state index contributed by atoms with van der Waals surface area (Å²) in [6.07, 6.45) is 7.61. The first-order valence-corrected chi connectivity index (χ1v) is 4.68. The van der Waals surface area contributed by atoms with Crippen molar-refractivity contribution < 1.29 is 4.79 Å². The highest BCUT2D eigenvalue weighted by Gasteiger charge is 2.38. The van der Waals surface area contributed by atoms with Gasteiger partial charge in [-0.2, -0.15) is 0 Å². The molecule has 1 N–H and O–H groups in total. The molecule has 2 aliphatic rings. The quantitative estimate of drug-likeness (QED) is 0.524. The molecule has 0 aromatic heterocycles. The van der Waals surface area contributed by atoms with Gasteiger partial charge in [-0.15, -0.1) is 0 Å². The fraction of sp³-hybridized carbons (Fsp3) is 0.889. The van der Waals surface area contributed by atoms with Crippen LogP contribution in [0, 0.1) is 5.92 Å². The molecule has 1 saturated carbocycles. The maximum atomic E-state index is 11.0. The number of rotatable bonds is 0. The zero-order valence-corrected chi connectivity index (χ0v) is 6.81. The molecule has 1 aliphatic heterocycles. The van der Waals surface area contributed by atoms with Crippen LogP contribution in [0.3, 0.4) is 0 Å². The first kappa shape index (κ1) is 7.14. The summed E-state index contributed by atoms with van der Waals surface area (Å²) in [5.41, 5.74) is 0. The summed E-state index contributed by atoms with van der Waals surface area (Å²) in [6.45, 7) is 0. The minimum Gasteiger partial charge on any atom is -0.352 e. The SMILES string of the molecule is O=C1NC2CCCCCC[C@H]12. The number of β-lactam (4-membered cyclic amide) rings is 1. The van der Waals surface area contributed by atoms with E-state index in [1.807, 2.05) is 0 Å². The van der Waals surface area contributed by atoms with Gasteiger partial charge >= 0.3 is 0 Å². The predicted octanol–water partition coefficient (Wildman–Crippen LogP) is 1.46. The van der Waals surface area contributed by atoms with Gasteiger partial charge in [0.1, 0.15) is 0 Å². The fourth-order valence-electron chi connectivity index (χ4n) is 2.16. The molecule has 1 heterocycles. The van der Waals surface area contributed by atoms with Crippen molar-refractivity contribution in [3.8, 4) is 0 Å². The number of hydrogen-bond donors (Lipinski definition) is 1. The summed E-state index contributed by atoms with van der Waals surface area (Å²) in [7, 11) is 0. The molecule has 2 fully saturated rings. The molecule has 62 valence electrons. The lowest BCUT2D eigenvalue weighted by Crippen LogP contribution is -2.58. The second-order valence-electron chi connectivity index (χ2n) is 3.71. The first-order valence-electron chi connectivity index (χ1n) is 4.68. The summed E-state index contributed by atoms with van der Waals surface area (Å²) >= 11 is 0. The van der Waals surface area contributed by atoms with Crippen molar-refractivity contribution >= 4 is 5.91 Å². The summed E-state index contributed by atoms with van der Waals surface area (Å²) in [5.74, 6) is 0.687. The Balaban J connectivity index is 1.92. The van der Waals surface area contributed by atoms with Crippen LogP contribution in [0.4, 0.5) is 0 Å². The molecule has 2 heteroatoms. The molecule has 1 unspecified atom stereocenters. The molecule has 0 bridgehead atoms. The van der Waals surface area contributed by atoms with Crippen LogP contribution in [-0.4, -0.2) is 11.9 Å². The van der Waals surface area contributed by atoms with Crippen LogP contribution in [0.25, 0.3) is 0 Å². The van der Waals surface area contributed by atoms with Crippen molar-refractivity contribution in [2.45, 2.75) is 44.6 Å². The third-order valence-corrected chi connectivity index (χ3v) is 2.93. The van der Waals surface area contributed by atoms with Crippen molar-refractivity contribution in [1.29, 1.82) is 0 Å². The molecule has 0 spiro atoms. The maximum Gasteiger partial charge on any atom is 0.225 e. The average Bonchev–Trinajstić information content (AvgIpc) is 1.96. The van der Waals surface area contributed by atoms with Crippen molar-refractivity contribution in [3.63, 3.8) is 0 Å². The average molecular weight is 153 g/mol. The van der Waals surface area contributed by atoms with Crippen LogP contribution in [0.1, 0.15) is 38.5 Å². The number of nitrogens with one attached hydrogen (secondary N) is 1. The number of amides is 1. The van der Waals surface area contributed by atoms with E-state index >= 15 is 0 Å². The molecule has 2 nitrogen and oxygen atoms in total. The second kappa shape index (κ2) is 2.84. The topological polar surface area (TPSA) is 29.1 Å².